The predicted octanol–water partition coefficient (Wildman–Crippen LogP) is 3.77. The van der Waals surface area contributed by atoms with Gasteiger partial charge in [-0.25, -0.2) is 13.8 Å². The molecule has 0 radical (unpaired) electrons. The number of aromatic amines is 1. The van der Waals surface area contributed by atoms with E-state index in [0.29, 0.717) is 19.5 Å². The van der Waals surface area contributed by atoms with Crippen molar-refractivity contribution in [2.45, 2.75) is 6.42 Å². The minimum atomic E-state index is -1.01. The van der Waals surface area contributed by atoms with Gasteiger partial charge in [-0.3, -0.25) is 4.79 Å². The lowest BCUT2D eigenvalue weighted by Crippen LogP contribution is -2.34. The number of hydrogen-bond donors (Lipinski definition) is 1. The number of halogens is 2. The summed E-state index contributed by atoms with van der Waals surface area (Å²) in [5.41, 5.74) is 3.22. The highest BCUT2D eigenvalue weighted by molar-refractivity contribution is 5.95. The van der Waals surface area contributed by atoms with E-state index in [1.807, 2.05) is 24.4 Å². The Morgan fingerprint density at radius 1 is 1.20 bits per heavy atom. The van der Waals surface area contributed by atoms with Crippen LogP contribution in [0.3, 0.4) is 0 Å². The van der Waals surface area contributed by atoms with Crippen LogP contribution >= 0.6 is 0 Å². The quantitative estimate of drug-likeness (QED) is 0.773. The van der Waals surface area contributed by atoms with Gasteiger partial charge in [0.15, 0.2) is 11.6 Å². The van der Waals surface area contributed by atoms with E-state index in [0.717, 1.165) is 34.3 Å². The highest BCUT2D eigenvalue weighted by atomic mass is 19.2. The fourth-order valence-corrected chi connectivity index (χ4v) is 3.13. The van der Waals surface area contributed by atoms with Gasteiger partial charge in [-0.15, -0.1) is 0 Å². The van der Waals surface area contributed by atoms with Gasteiger partial charge in [-0.1, -0.05) is 6.08 Å². The van der Waals surface area contributed by atoms with Crippen molar-refractivity contribution in [3.05, 3.63) is 71.6 Å². The number of nitrogens with one attached hydrogen (secondary N) is 1. The maximum absolute atomic E-state index is 13.3. The van der Waals surface area contributed by atoms with Crippen LogP contribution in [0.15, 0.2) is 48.8 Å². The Bertz CT molecular complexity index is 993. The first-order valence-electron chi connectivity index (χ1n) is 7.99. The third-order valence-electron chi connectivity index (χ3n) is 4.46. The Kier molecular flexibility index (Phi) is 3.80. The Morgan fingerprint density at radius 3 is 2.84 bits per heavy atom. The van der Waals surface area contributed by atoms with E-state index in [-0.39, 0.29) is 11.5 Å². The van der Waals surface area contributed by atoms with Crippen molar-refractivity contribution in [2.24, 2.45) is 0 Å². The third kappa shape index (κ3) is 2.80. The minimum Gasteiger partial charge on any atom is -0.346 e. The maximum Gasteiger partial charge on any atom is 0.254 e. The zero-order valence-electron chi connectivity index (χ0n) is 13.3. The molecule has 3 aromatic rings. The number of hydrogen-bond acceptors (Lipinski definition) is 2. The first-order chi connectivity index (χ1) is 12.1. The molecule has 1 amide bonds. The van der Waals surface area contributed by atoms with E-state index < -0.39 is 11.6 Å². The van der Waals surface area contributed by atoms with Crippen molar-refractivity contribution in [2.75, 3.05) is 13.1 Å². The fourth-order valence-electron chi connectivity index (χ4n) is 3.13. The smallest absolute Gasteiger partial charge is 0.254 e. The topological polar surface area (TPSA) is 49.0 Å². The number of rotatable bonds is 2. The molecule has 0 saturated carbocycles. The number of fused-ring (bicyclic) bond motifs is 1. The van der Waals surface area contributed by atoms with Crippen molar-refractivity contribution in [3.63, 3.8) is 0 Å². The Labute approximate surface area is 142 Å². The third-order valence-corrected chi connectivity index (χ3v) is 4.46. The van der Waals surface area contributed by atoms with Gasteiger partial charge < -0.3 is 9.88 Å². The molecule has 4 nitrogen and oxygen atoms in total. The summed E-state index contributed by atoms with van der Waals surface area (Å²) in [6.45, 7) is 0.955. The van der Waals surface area contributed by atoms with Crippen molar-refractivity contribution in [3.8, 4) is 0 Å². The van der Waals surface area contributed by atoms with Crippen LogP contribution in [0.5, 0.6) is 0 Å². The van der Waals surface area contributed by atoms with Gasteiger partial charge in [0, 0.05) is 42.0 Å². The van der Waals surface area contributed by atoms with Gasteiger partial charge in [-0.05, 0) is 42.3 Å². The van der Waals surface area contributed by atoms with E-state index in [2.05, 4.69) is 9.97 Å². The predicted molar refractivity (Wildman–Crippen MR) is 90.9 cm³/mol. The molecule has 25 heavy (non-hydrogen) atoms. The molecular formula is C19H15F2N3O. The highest BCUT2D eigenvalue weighted by Gasteiger charge is 2.21. The lowest BCUT2D eigenvalue weighted by molar-refractivity contribution is 0.0772. The molecular weight excluding hydrogens is 324 g/mol. The normalized spacial score (nSPS) is 14.6. The second kappa shape index (κ2) is 6.12. The van der Waals surface area contributed by atoms with E-state index in [1.54, 1.807) is 11.1 Å². The van der Waals surface area contributed by atoms with E-state index in [4.69, 9.17) is 0 Å². The van der Waals surface area contributed by atoms with Crippen LogP contribution in [0.4, 0.5) is 8.78 Å². The summed E-state index contributed by atoms with van der Waals surface area (Å²) in [4.78, 5) is 21.5. The summed E-state index contributed by atoms with van der Waals surface area (Å²) in [7, 11) is 0. The zero-order valence-corrected chi connectivity index (χ0v) is 13.3. The van der Waals surface area contributed by atoms with E-state index in [1.165, 1.54) is 6.07 Å². The first kappa shape index (κ1) is 15.5. The van der Waals surface area contributed by atoms with Crippen LogP contribution in [-0.4, -0.2) is 33.9 Å². The molecule has 126 valence electrons. The Hall–Kier alpha value is -3.02. The Balaban J connectivity index is 1.55. The van der Waals surface area contributed by atoms with Crippen molar-refractivity contribution >= 4 is 22.5 Å². The number of amides is 1. The average molecular weight is 339 g/mol. The number of carbonyl (C=O) groups excluding carboxylic acids is 1. The first-order valence-corrected chi connectivity index (χ1v) is 7.99. The number of carbonyl (C=O) groups is 1. The second-order valence-corrected chi connectivity index (χ2v) is 5.96. The highest BCUT2D eigenvalue weighted by Crippen LogP contribution is 2.28. The van der Waals surface area contributed by atoms with Gasteiger partial charge in [0.25, 0.3) is 5.91 Å². The molecule has 3 heterocycles. The molecule has 0 saturated heterocycles. The molecule has 1 aliphatic heterocycles. The van der Waals surface area contributed by atoms with E-state index in [9.17, 15) is 13.6 Å². The lowest BCUT2D eigenvalue weighted by atomic mass is 9.99. The molecule has 0 spiro atoms. The van der Waals surface area contributed by atoms with Gasteiger partial charge in [0.05, 0.1) is 0 Å². The number of H-pyrrole nitrogens is 1. The van der Waals surface area contributed by atoms with Crippen molar-refractivity contribution in [1.29, 1.82) is 0 Å². The molecule has 0 unspecified atom stereocenters. The molecule has 4 rings (SSSR count). The molecule has 6 heteroatoms. The SMILES string of the molecule is O=C(c1ccc(F)c(F)c1)N1CC=C(c2c[nH]c3ncccc23)CC1. The average Bonchev–Trinajstić information content (AvgIpc) is 3.08. The summed E-state index contributed by atoms with van der Waals surface area (Å²) in [6, 6.07) is 7.13. The van der Waals surface area contributed by atoms with Crippen LogP contribution in [0.25, 0.3) is 16.6 Å². The molecule has 1 N–H and O–H groups in total. The van der Waals surface area contributed by atoms with Crippen molar-refractivity contribution < 1.29 is 13.6 Å². The molecule has 1 aromatic carbocycles. The van der Waals surface area contributed by atoms with Gasteiger partial charge >= 0.3 is 0 Å². The van der Waals surface area contributed by atoms with Gasteiger partial charge in [-0.2, -0.15) is 0 Å². The molecule has 0 aliphatic carbocycles. The fraction of sp³-hybridized carbons (Fsp3) is 0.158. The number of pyridine rings is 1. The van der Waals surface area contributed by atoms with Crippen LogP contribution in [0.2, 0.25) is 0 Å². The summed E-state index contributed by atoms with van der Waals surface area (Å²) in [6.07, 6.45) is 6.35. The monoisotopic (exact) mass is 339 g/mol. The number of benzene rings is 1. The van der Waals surface area contributed by atoms with E-state index >= 15 is 0 Å². The summed E-state index contributed by atoms with van der Waals surface area (Å²) < 4.78 is 26.4. The maximum atomic E-state index is 13.3. The van der Waals surface area contributed by atoms with Crippen molar-refractivity contribution in [1.82, 2.24) is 14.9 Å². The molecule has 2 aromatic heterocycles. The molecule has 0 atom stereocenters. The van der Waals surface area contributed by atoms with Crippen LogP contribution in [0.1, 0.15) is 22.3 Å². The minimum absolute atomic E-state index is 0.159. The van der Waals surface area contributed by atoms with Crippen LogP contribution in [-0.2, 0) is 0 Å². The van der Waals surface area contributed by atoms with Crippen LogP contribution in [0, 0.1) is 11.6 Å². The number of aromatic nitrogens is 2. The summed E-state index contributed by atoms with van der Waals surface area (Å²) >= 11 is 0. The van der Waals surface area contributed by atoms with Crippen LogP contribution < -0.4 is 0 Å². The summed E-state index contributed by atoms with van der Waals surface area (Å²) in [5, 5.41) is 1.05. The zero-order chi connectivity index (χ0) is 17.4. The molecule has 0 fully saturated rings. The molecule has 0 bridgehead atoms. The lowest BCUT2D eigenvalue weighted by Gasteiger charge is -2.26. The Morgan fingerprint density at radius 2 is 2.08 bits per heavy atom. The summed E-state index contributed by atoms with van der Waals surface area (Å²) in [5.74, 6) is -2.26. The standard InChI is InChI=1S/C19H15F2N3O/c20-16-4-3-13(10-17(16)21)19(25)24-8-5-12(6-9-24)15-11-23-18-14(15)2-1-7-22-18/h1-5,7,10-11H,6,8-9H2,(H,22,23). The van der Waals surface area contributed by atoms with Gasteiger partial charge in [0.1, 0.15) is 5.65 Å². The molecule has 1 aliphatic rings. The van der Waals surface area contributed by atoms with Gasteiger partial charge in [0.2, 0.25) is 0 Å². The largest absolute Gasteiger partial charge is 0.346 e. The second-order valence-electron chi connectivity index (χ2n) is 5.96. The number of nitrogens with zero attached hydrogens (tertiary/aromatic N) is 2.